The maximum atomic E-state index is 12.3. The van der Waals surface area contributed by atoms with Crippen LogP contribution in [-0.2, 0) is 6.54 Å². The summed E-state index contributed by atoms with van der Waals surface area (Å²) < 4.78 is 38.0. The minimum atomic E-state index is -4.93. The Balaban J connectivity index is 2.20. The Hall–Kier alpha value is -2.18. The van der Waals surface area contributed by atoms with Gasteiger partial charge in [0.25, 0.3) is 5.78 Å². The summed E-state index contributed by atoms with van der Waals surface area (Å²) in [5.74, 6) is -1.98. The fraction of sp³-hybridized carbons (Fsp3) is 0.308. The maximum absolute atomic E-state index is 12.3. The third-order valence-corrected chi connectivity index (χ3v) is 2.65. The van der Waals surface area contributed by atoms with Crippen LogP contribution in [0.2, 0.25) is 0 Å². The molecule has 1 aromatic heterocycles. The number of Topliss-reactive ketones (excluding diaryl/α,β-unsaturated/α-hetero) is 1. The molecule has 0 N–H and O–H groups in total. The zero-order chi connectivity index (χ0) is 14.9. The van der Waals surface area contributed by atoms with Gasteiger partial charge in [-0.15, -0.1) is 5.10 Å². The number of carbonyl (C=O) groups is 1. The number of hydrogen-bond donors (Lipinski definition) is 0. The SMILES string of the molecule is Cc1cc(C)cc(Cn2cc(C(=O)C(F)(F)F)nn2)c1. The van der Waals surface area contributed by atoms with E-state index in [-0.39, 0.29) is 6.54 Å². The number of nitrogens with zero attached hydrogens (tertiary/aromatic N) is 3. The van der Waals surface area contributed by atoms with Gasteiger partial charge in [-0.05, 0) is 19.4 Å². The molecule has 106 valence electrons. The van der Waals surface area contributed by atoms with Gasteiger partial charge in [0.1, 0.15) is 0 Å². The van der Waals surface area contributed by atoms with E-state index in [1.807, 2.05) is 32.0 Å². The van der Waals surface area contributed by atoms with Gasteiger partial charge in [0.05, 0.1) is 12.7 Å². The molecule has 2 rings (SSSR count). The summed E-state index contributed by atoms with van der Waals surface area (Å²) in [6, 6.07) is 5.79. The largest absolute Gasteiger partial charge is 0.456 e. The highest BCUT2D eigenvalue weighted by atomic mass is 19.4. The lowest BCUT2D eigenvalue weighted by atomic mass is 10.1. The van der Waals surface area contributed by atoms with Crippen LogP contribution in [0.5, 0.6) is 0 Å². The summed E-state index contributed by atoms with van der Waals surface area (Å²) in [5.41, 5.74) is 2.29. The molecule has 0 saturated carbocycles. The lowest BCUT2D eigenvalue weighted by Crippen LogP contribution is -2.23. The van der Waals surface area contributed by atoms with Gasteiger partial charge in [-0.2, -0.15) is 13.2 Å². The van der Waals surface area contributed by atoms with Crippen molar-refractivity contribution in [3.63, 3.8) is 0 Å². The molecule has 7 heteroatoms. The van der Waals surface area contributed by atoms with E-state index < -0.39 is 17.7 Å². The molecule has 0 aliphatic carbocycles. The fourth-order valence-electron chi connectivity index (χ4n) is 1.97. The van der Waals surface area contributed by atoms with E-state index in [1.54, 1.807) is 0 Å². The van der Waals surface area contributed by atoms with Crippen LogP contribution in [0.1, 0.15) is 27.2 Å². The molecule has 0 aliphatic heterocycles. The molecule has 0 aliphatic rings. The molecule has 2 aromatic rings. The summed E-state index contributed by atoms with van der Waals surface area (Å²) in [6.07, 6.45) is -3.92. The molecule has 0 fully saturated rings. The second-order valence-electron chi connectivity index (χ2n) is 4.62. The molecule has 20 heavy (non-hydrogen) atoms. The van der Waals surface area contributed by atoms with E-state index in [4.69, 9.17) is 0 Å². The van der Waals surface area contributed by atoms with Crippen molar-refractivity contribution in [3.05, 3.63) is 46.8 Å². The first-order valence-corrected chi connectivity index (χ1v) is 5.84. The van der Waals surface area contributed by atoms with Crippen molar-refractivity contribution in [1.29, 1.82) is 0 Å². The Bertz CT molecular complexity index is 626. The molecule has 1 aromatic carbocycles. The maximum Gasteiger partial charge on any atom is 0.456 e. The van der Waals surface area contributed by atoms with Crippen molar-refractivity contribution in [2.24, 2.45) is 0 Å². The van der Waals surface area contributed by atoms with Gasteiger partial charge in [0.2, 0.25) is 0 Å². The van der Waals surface area contributed by atoms with E-state index in [0.29, 0.717) is 0 Å². The second kappa shape index (κ2) is 5.07. The molecule has 0 amide bonds. The van der Waals surface area contributed by atoms with Crippen LogP contribution in [0.3, 0.4) is 0 Å². The van der Waals surface area contributed by atoms with E-state index in [2.05, 4.69) is 10.3 Å². The number of halogens is 3. The highest BCUT2D eigenvalue weighted by Gasteiger charge is 2.41. The third kappa shape index (κ3) is 3.23. The Morgan fingerprint density at radius 3 is 2.35 bits per heavy atom. The number of ketones is 1. The highest BCUT2D eigenvalue weighted by molar-refractivity contribution is 5.98. The molecule has 0 unspecified atom stereocenters. The molecule has 4 nitrogen and oxygen atoms in total. The molecule has 0 saturated heterocycles. The van der Waals surface area contributed by atoms with Gasteiger partial charge in [-0.25, -0.2) is 4.68 Å². The van der Waals surface area contributed by atoms with Gasteiger partial charge in [-0.1, -0.05) is 34.5 Å². The molecular formula is C13H12F3N3O. The number of hydrogen-bond acceptors (Lipinski definition) is 3. The Morgan fingerprint density at radius 1 is 1.20 bits per heavy atom. The summed E-state index contributed by atoms with van der Waals surface area (Å²) in [7, 11) is 0. The average molecular weight is 283 g/mol. The molecule has 0 spiro atoms. The molecular weight excluding hydrogens is 271 g/mol. The summed E-state index contributed by atoms with van der Waals surface area (Å²) in [6.45, 7) is 4.12. The number of aryl methyl sites for hydroxylation is 2. The summed E-state index contributed by atoms with van der Waals surface area (Å²) >= 11 is 0. The quantitative estimate of drug-likeness (QED) is 0.814. The first kappa shape index (κ1) is 14.2. The van der Waals surface area contributed by atoms with E-state index in [0.717, 1.165) is 22.9 Å². The highest BCUT2D eigenvalue weighted by Crippen LogP contribution is 2.20. The van der Waals surface area contributed by atoms with Gasteiger partial charge in [0, 0.05) is 0 Å². The lowest BCUT2D eigenvalue weighted by molar-refractivity contribution is -0.0888. The second-order valence-corrected chi connectivity index (χ2v) is 4.62. The Morgan fingerprint density at radius 2 is 1.80 bits per heavy atom. The molecule has 0 atom stereocenters. The first-order chi connectivity index (χ1) is 9.25. The zero-order valence-corrected chi connectivity index (χ0v) is 10.9. The van der Waals surface area contributed by atoms with Crippen molar-refractivity contribution in [2.75, 3.05) is 0 Å². The van der Waals surface area contributed by atoms with Crippen molar-refractivity contribution < 1.29 is 18.0 Å². The molecule has 1 heterocycles. The van der Waals surface area contributed by atoms with Gasteiger partial charge >= 0.3 is 6.18 Å². The average Bonchev–Trinajstić information content (AvgIpc) is 2.73. The van der Waals surface area contributed by atoms with E-state index in [1.165, 1.54) is 4.68 Å². The monoisotopic (exact) mass is 283 g/mol. The number of alkyl halides is 3. The minimum absolute atomic E-state index is 0.265. The Kier molecular flexibility index (Phi) is 3.61. The van der Waals surface area contributed by atoms with Crippen LogP contribution in [-0.4, -0.2) is 27.0 Å². The van der Waals surface area contributed by atoms with Crippen LogP contribution in [0.25, 0.3) is 0 Å². The molecule has 0 bridgehead atoms. The zero-order valence-electron chi connectivity index (χ0n) is 10.9. The summed E-state index contributed by atoms with van der Waals surface area (Å²) in [5, 5.41) is 6.82. The van der Waals surface area contributed by atoms with Crippen LogP contribution in [0, 0.1) is 13.8 Å². The fourth-order valence-corrected chi connectivity index (χ4v) is 1.97. The van der Waals surface area contributed by atoms with Crippen LogP contribution >= 0.6 is 0 Å². The number of rotatable bonds is 3. The van der Waals surface area contributed by atoms with Gasteiger partial charge < -0.3 is 0 Å². The van der Waals surface area contributed by atoms with Crippen molar-refractivity contribution in [2.45, 2.75) is 26.6 Å². The van der Waals surface area contributed by atoms with E-state index in [9.17, 15) is 18.0 Å². The first-order valence-electron chi connectivity index (χ1n) is 5.84. The Labute approximate surface area is 113 Å². The van der Waals surface area contributed by atoms with Crippen LogP contribution in [0.15, 0.2) is 24.4 Å². The summed E-state index contributed by atoms with van der Waals surface area (Å²) in [4.78, 5) is 11.0. The lowest BCUT2D eigenvalue weighted by Gasteiger charge is -2.04. The van der Waals surface area contributed by atoms with Crippen LogP contribution < -0.4 is 0 Å². The smallest absolute Gasteiger partial charge is 0.282 e. The van der Waals surface area contributed by atoms with Crippen molar-refractivity contribution in [3.8, 4) is 0 Å². The topological polar surface area (TPSA) is 47.8 Å². The number of benzene rings is 1. The van der Waals surface area contributed by atoms with Crippen LogP contribution in [0.4, 0.5) is 13.2 Å². The van der Waals surface area contributed by atoms with Crippen molar-refractivity contribution in [1.82, 2.24) is 15.0 Å². The van der Waals surface area contributed by atoms with E-state index >= 15 is 0 Å². The minimum Gasteiger partial charge on any atom is -0.282 e. The number of aromatic nitrogens is 3. The predicted octanol–water partition coefficient (Wildman–Crippen LogP) is 2.69. The van der Waals surface area contributed by atoms with Gasteiger partial charge in [-0.3, -0.25) is 4.79 Å². The molecule has 0 radical (unpaired) electrons. The standard InChI is InChI=1S/C13H12F3N3O/c1-8-3-9(2)5-10(4-8)6-19-7-11(17-18-19)12(20)13(14,15)16/h3-5,7H,6H2,1-2H3. The predicted molar refractivity (Wildman–Crippen MR) is 65.4 cm³/mol. The normalized spacial score (nSPS) is 11.7. The van der Waals surface area contributed by atoms with Crippen molar-refractivity contribution >= 4 is 5.78 Å². The van der Waals surface area contributed by atoms with Gasteiger partial charge in [0.15, 0.2) is 5.69 Å². The third-order valence-electron chi connectivity index (χ3n) is 2.65. The number of carbonyl (C=O) groups excluding carboxylic acids is 1.